The summed E-state index contributed by atoms with van der Waals surface area (Å²) in [5.74, 6) is -0.881. The third-order valence-electron chi connectivity index (χ3n) is 3.54. The molecule has 4 heteroatoms. The molecule has 1 aliphatic heterocycles. The first-order valence-electron chi connectivity index (χ1n) is 6.97. The van der Waals surface area contributed by atoms with Gasteiger partial charge in [0.25, 0.3) is 5.91 Å². The lowest BCUT2D eigenvalue weighted by molar-refractivity contribution is -0.139. The standard InChI is InChI=1S/C18H14ClNO2/c19-16-8-4-7-14(10-16)9-15-12-20(18(22)17(15)21)11-13-5-2-1-3-6-13/h1-10H,11-12H2/b15-9+. The zero-order chi connectivity index (χ0) is 15.5. The van der Waals surface area contributed by atoms with Crippen molar-refractivity contribution in [2.45, 2.75) is 6.54 Å². The third-order valence-corrected chi connectivity index (χ3v) is 3.78. The topological polar surface area (TPSA) is 37.4 Å². The normalized spacial score (nSPS) is 16.6. The number of carbonyl (C=O) groups excluding carboxylic acids is 2. The fourth-order valence-electron chi connectivity index (χ4n) is 2.47. The molecule has 0 spiro atoms. The minimum absolute atomic E-state index is 0.332. The molecule has 0 radical (unpaired) electrons. The van der Waals surface area contributed by atoms with Gasteiger partial charge in [-0.3, -0.25) is 9.59 Å². The molecule has 22 heavy (non-hydrogen) atoms. The van der Waals surface area contributed by atoms with Crippen LogP contribution in [0.2, 0.25) is 5.02 Å². The van der Waals surface area contributed by atoms with Gasteiger partial charge in [0.15, 0.2) is 0 Å². The van der Waals surface area contributed by atoms with Gasteiger partial charge in [-0.25, -0.2) is 0 Å². The van der Waals surface area contributed by atoms with E-state index in [-0.39, 0.29) is 0 Å². The van der Waals surface area contributed by atoms with Crippen molar-refractivity contribution in [3.05, 3.63) is 76.3 Å². The molecule has 1 aliphatic rings. The van der Waals surface area contributed by atoms with Crippen molar-refractivity contribution < 1.29 is 9.59 Å². The molecule has 110 valence electrons. The third kappa shape index (κ3) is 3.10. The van der Waals surface area contributed by atoms with Crippen LogP contribution in [0.4, 0.5) is 0 Å². The van der Waals surface area contributed by atoms with E-state index in [0.29, 0.717) is 23.7 Å². The van der Waals surface area contributed by atoms with Gasteiger partial charge < -0.3 is 4.90 Å². The molecule has 0 aliphatic carbocycles. The average Bonchev–Trinajstić information content (AvgIpc) is 2.77. The predicted octanol–water partition coefficient (Wildman–Crippen LogP) is 3.33. The van der Waals surface area contributed by atoms with E-state index in [0.717, 1.165) is 11.1 Å². The van der Waals surface area contributed by atoms with Crippen LogP contribution >= 0.6 is 11.6 Å². The number of nitrogens with zero attached hydrogens (tertiary/aromatic N) is 1. The van der Waals surface area contributed by atoms with Gasteiger partial charge in [0.05, 0.1) is 6.54 Å². The molecular formula is C18H14ClNO2. The molecule has 0 aromatic heterocycles. The Bertz CT molecular complexity index is 753. The molecule has 1 amide bonds. The zero-order valence-corrected chi connectivity index (χ0v) is 12.6. The number of hydrogen-bond donors (Lipinski definition) is 0. The summed E-state index contributed by atoms with van der Waals surface area (Å²) in [7, 11) is 0. The van der Waals surface area contributed by atoms with Gasteiger partial charge in [-0.05, 0) is 29.3 Å². The van der Waals surface area contributed by atoms with Crippen LogP contribution in [-0.2, 0) is 16.1 Å². The van der Waals surface area contributed by atoms with Crippen molar-refractivity contribution >= 4 is 29.4 Å². The summed E-state index contributed by atoms with van der Waals surface area (Å²) in [5.41, 5.74) is 2.33. The summed E-state index contributed by atoms with van der Waals surface area (Å²) < 4.78 is 0. The second kappa shape index (κ2) is 6.16. The van der Waals surface area contributed by atoms with Gasteiger partial charge >= 0.3 is 0 Å². The molecule has 0 saturated carbocycles. The Kier molecular flexibility index (Phi) is 4.07. The maximum absolute atomic E-state index is 12.1. The highest BCUT2D eigenvalue weighted by molar-refractivity contribution is 6.45. The minimum atomic E-state index is -0.447. The Morgan fingerprint density at radius 2 is 1.82 bits per heavy atom. The maximum Gasteiger partial charge on any atom is 0.295 e. The number of hydrogen-bond acceptors (Lipinski definition) is 2. The lowest BCUT2D eigenvalue weighted by atomic mass is 10.1. The van der Waals surface area contributed by atoms with Crippen LogP contribution in [0.15, 0.2) is 60.2 Å². The molecule has 0 atom stereocenters. The van der Waals surface area contributed by atoms with Crippen molar-refractivity contribution in [3.8, 4) is 0 Å². The fourth-order valence-corrected chi connectivity index (χ4v) is 2.67. The second-order valence-corrected chi connectivity index (χ2v) is 5.64. The number of benzene rings is 2. The van der Waals surface area contributed by atoms with E-state index in [2.05, 4.69) is 0 Å². The molecule has 1 fully saturated rings. The number of halogens is 1. The van der Waals surface area contributed by atoms with Crippen LogP contribution < -0.4 is 0 Å². The van der Waals surface area contributed by atoms with Crippen LogP contribution in [0.1, 0.15) is 11.1 Å². The number of likely N-dealkylation sites (tertiary alicyclic amines) is 1. The van der Waals surface area contributed by atoms with Gasteiger partial charge in [-0.2, -0.15) is 0 Å². The monoisotopic (exact) mass is 311 g/mol. The Morgan fingerprint density at radius 3 is 2.55 bits per heavy atom. The van der Waals surface area contributed by atoms with Gasteiger partial charge in [-0.15, -0.1) is 0 Å². The molecule has 0 bridgehead atoms. The molecule has 2 aromatic carbocycles. The number of ketones is 1. The number of rotatable bonds is 3. The highest BCUT2D eigenvalue weighted by Gasteiger charge is 2.33. The molecule has 0 unspecified atom stereocenters. The summed E-state index contributed by atoms with van der Waals surface area (Å²) in [4.78, 5) is 25.8. The lowest BCUT2D eigenvalue weighted by Crippen LogP contribution is -2.26. The molecule has 3 nitrogen and oxygen atoms in total. The van der Waals surface area contributed by atoms with E-state index >= 15 is 0 Å². The van der Waals surface area contributed by atoms with E-state index in [1.165, 1.54) is 0 Å². The summed E-state index contributed by atoms with van der Waals surface area (Å²) in [5, 5.41) is 0.604. The van der Waals surface area contributed by atoms with Gasteiger partial charge in [0.2, 0.25) is 5.78 Å². The van der Waals surface area contributed by atoms with Crippen LogP contribution in [0.3, 0.4) is 0 Å². The van der Waals surface area contributed by atoms with Gasteiger partial charge in [0.1, 0.15) is 0 Å². The summed E-state index contributed by atoms with van der Waals surface area (Å²) in [6, 6.07) is 16.9. The Balaban J connectivity index is 1.81. The van der Waals surface area contributed by atoms with Crippen LogP contribution in [0.25, 0.3) is 6.08 Å². The van der Waals surface area contributed by atoms with Crippen molar-refractivity contribution in [1.82, 2.24) is 4.90 Å². The predicted molar refractivity (Wildman–Crippen MR) is 86.3 cm³/mol. The maximum atomic E-state index is 12.1. The lowest BCUT2D eigenvalue weighted by Gasteiger charge is -2.13. The molecule has 0 N–H and O–H groups in total. The zero-order valence-electron chi connectivity index (χ0n) is 11.8. The number of amides is 1. The SMILES string of the molecule is O=C1C(=O)N(Cc2ccccc2)C/C1=C\c1cccc(Cl)c1. The first kappa shape index (κ1) is 14.5. The van der Waals surface area contributed by atoms with E-state index in [4.69, 9.17) is 11.6 Å². The highest BCUT2D eigenvalue weighted by atomic mass is 35.5. The Hall–Kier alpha value is -2.39. The summed E-state index contributed by atoms with van der Waals surface area (Å²) in [6.45, 7) is 0.775. The highest BCUT2D eigenvalue weighted by Crippen LogP contribution is 2.20. The van der Waals surface area contributed by atoms with Crippen molar-refractivity contribution in [1.29, 1.82) is 0 Å². The smallest absolute Gasteiger partial charge is 0.295 e. The van der Waals surface area contributed by atoms with Gasteiger partial charge in [0, 0.05) is 17.1 Å². The summed E-state index contributed by atoms with van der Waals surface area (Å²) >= 11 is 5.94. The molecular weight excluding hydrogens is 298 g/mol. The van der Waals surface area contributed by atoms with Crippen LogP contribution in [0.5, 0.6) is 0 Å². The minimum Gasteiger partial charge on any atom is -0.327 e. The fraction of sp³-hybridized carbons (Fsp3) is 0.111. The van der Waals surface area contributed by atoms with E-state index in [1.54, 1.807) is 23.1 Å². The largest absolute Gasteiger partial charge is 0.327 e. The van der Waals surface area contributed by atoms with E-state index < -0.39 is 11.7 Å². The van der Waals surface area contributed by atoms with Crippen molar-refractivity contribution in [3.63, 3.8) is 0 Å². The molecule has 1 saturated heterocycles. The molecule has 3 rings (SSSR count). The van der Waals surface area contributed by atoms with Crippen molar-refractivity contribution in [2.24, 2.45) is 0 Å². The van der Waals surface area contributed by atoms with E-state index in [9.17, 15) is 9.59 Å². The molecule has 2 aromatic rings. The number of Topliss-reactive ketones (excluding diaryl/α,β-unsaturated/α-hetero) is 1. The second-order valence-electron chi connectivity index (χ2n) is 5.20. The Morgan fingerprint density at radius 1 is 1.05 bits per heavy atom. The first-order valence-corrected chi connectivity index (χ1v) is 7.35. The van der Waals surface area contributed by atoms with Crippen LogP contribution in [0, 0.1) is 0 Å². The average molecular weight is 312 g/mol. The summed E-state index contributed by atoms with van der Waals surface area (Å²) in [6.07, 6.45) is 1.73. The molecule has 1 heterocycles. The quantitative estimate of drug-likeness (QED) is 0.644. The number of carbonyl (C=O) groups is 2. The van der Waals surface area contributed by atoms with Gasteiger partial charge in [-0.1, -0.05) is 54.1 Å². The van der Waals surface area contributed by atoms with E-state index in [1.807, 2.05) is 42.5 Å². The van der Waals surface area contributed by atoms with Crippen molar-refractivity contribution in [2.75, 3.05) is 6.54 Å². The Labute approximate surface area is 133 Å². The first-order chi connectivity index (χ1) is 10.6. The van der Waals surface area contributed by atoms with Crippen LogP contribution in [-0.4, -0.2) is 23.1 Å².